The topological polar surface area (TPSA) is 59.1 Å². The van der Waals surface area contributed by atoms with Crippen LogP contribution in [0.5, 0.6) is 0 Å². The van der Waals surface area contributed by atoms with E-state index < -0.39 is 6.10 Å². The van der Waals surface area contributed by atoms with Gasteiger partial charge in [-0.1, -0.05) is 12.1 Å². The normalized spacial score (nSPS) is 14.1. The lowest BCUT2D eigenvalue weighted by atomic mass is 9.89. The molecule has 1 heterocycles. The van der Waals surface area contributed by atoms with Crippen LogP contribution in [0.15, 0.2) is 42.7 Å². The Morgan fingerprint density at radius 2 is 1.89 bits per heavy atom. The van der Waals surface area contributed by atoms with Crippen molar-refractivity contribution in [2.24, 2.45) is 5.73 Å². The van der Waals surface area contributed by atoms with E-state index in [1.165, 1.54) is 6.07 Å². The highest BCUT2D eigenvalue weighted by molar-refractivity contribution is 5.29. The van der Waals surface area contributed by atoms with Crippen molar-refractivity contribution in [2.75, 3.05) is 6.54 Å². The summed E-state index contributed by atoms with van der Waals surface area (Å²) in [6.45, 7) is 1.97. The van der Waals surface area contributed by atoms with Gasteiger partial charge in [0.1, 0.15) is 5.82 Å². The summed E-state index contributed by atoms with van der Waals surface area (Å²) >= 11 is 0. The monoisotopic (exact) mass is 260 g/mol. The molecule has 0 fully saturated rings. The second kappa shape index (κ2) is 5.91. The van der Waals surface area contributed by atoms with Crippen LogP contribution in [0.4, 0.5) is 4.39 Å². The van der Waals surface area contributed by atoms with Gasteiger partial charge in [0, 0.05) is 24.9 Å². The van der Waals surface area contributed by atoms with E-state index in [0.717, 1.165) is 5.56 Å². The number of aromatic nitrogens is 1. The van der Waals surface area contributed by atoms with Crippen molar-refractivity contribution < 1.29 is 9.50 Å². The molecule has 2 unspecified atom stereocenters. The van der Waals surface area contributed by atoms with Crippen LogP contribution in [0.3, 0.4) is 0 Å². The minimum absolute atomic E-state index is 0.273. The van der Waals surface area contributed by atoms with E-state index >= 15 is 0 Å². The summed E-state index contributed by atoms with van der Waals surface area (Å²) in [5, 5.41) is 10.4. The number of pyridine rings is 1. The van der Waals surface area contributed by atoms with Crippen LogP contribution in [0.1, 0.15) is 28.7 Å². The molecule has 0 radical (unpaired) electrons. The number of aryl methyl sites for hydroxylation is 1. The average molecular weight is 260 g/mol. The number of aliphatic hydroxyl groups is 1. The Bertz CT molecular complexity index is 545. The zero-order chi connectivity index (χ0) is 13.8. The van der Waals surface area contributed by atoms with Gasteiger partial charge in [0.05, 0.1) is 6.10 Å². The standard InChI is InChI=1S/C15H17FN2O/c1-10-2-3-12(8-14(10)16)15(19)13(9-17)11-4-6-18-7-5-11/h2-8,13,15,19H,9,17H2,1H3. The van der Waals surface area contributed by atoms with E-state index in [1.807, 2.05) is 12.1 Å². The number of halogens is 1. The Morgan fingerprint density at radius 1 is 1.21 bits per heavy atom. The highest BCUT2D eigenvalue weighted by Crippen LogP contribution is 2.30. The molecule has 3 nitrogen and oxygen atoms in total. The first kappa shape index (κ1) is 13.6. The van der Waals surface area contributed by atoms with Gasteiger partial charge in [-0.05, 0) is 41.8 Å². The molecular weight excluding hydrogens is 243 g/mol. The van der Waals surface area contributed by atoms with E-state index in [2.05, 4.69) is 4.98 Å². The van der Waals surface area contributed by atoms with Crippen molar-refractivity contribution in [2.45, 2.75) is 18.9 Å². The highest BCUT2D eigenvalue weighted by Gasteiger charge is 2.22. The molecule has 1 aromatic carbocycles. The number of hydrogen-bond acceptors (Lipinski definition) is 3. The molecule has 0 aliphatic heterocycles. The molecule has 100 valence electrons. The Balaban J connectivity index is 2.30. The third-order valence-corrected chi connectivity index (χ3v) is 3.31. The number of nitrogens with zero attached hydrogens (tertiary/aromatic N) is 1. The molecule has 0 saturated carbocycles. The first-order valence-corrected chi connectivity index (χ1v) is 6.17. The smallest absolute Gasteiger partial charge is 0.126 e. The summed E-state index contributed by atoms with van der Waals surface area (Å²) in [7, 11) is 0. The molecule has 0 amide bonds. The lowest BCUT2D eigenvalue weighted by Gasteiger charge is -2.22. The van der Waals surface area contributed by atoms with E-state index in [4.69, 9.17) is 5.73 Å². The minimum atomic E-state index is -0.831. The third-order valence-electron chi connectivity index (χ3n) is 3.31. The maximum atomic E-state index is 13.6. The fraction of sp³-hybridized carbons (Fsp3) is 0.267. The summed E-state index contributed by atoms with van der Waals surface area (Å²) in [6.07, 6.45) is 2.48. The van der Waals surface area contributed by atoms with Gasteiger partial charge < -0.3 is 10.8 Å². The van der Waals surface area contributed by atoms with Crippen LogP contribution in [0.25, 0.3) is 0 Å². The van der Waals surface area contributed by atoms with Crippen LogP contribution in [0.2, 0.25) is 0 Å². The quantitative estimate of drug-likeness (QED) is 0.886. The second-order valence-corrected chi connectivity index (χ2v) is 4.58. The van der Waals surface area contributed by atoms with Crippen molar-refractivity contribution in [1.29, 1.82) is 0 Å². The molecule has 1 aromatic heterocycles. The largest absolute Gasteiger partial charge is 0.388 e. The maximum absolute atomic E-state index is 13.6. The number of aliphatic hydroxyl groups excluding tert-OH is 1. The Morgan fingerprint density at radius 3 is 2.47 bits per heavy atom. The molecule has 2 rings (SSSR count). The van der Waals surface area contributed by atoms with Gasteiger partial charge in [0.15, 0.2) is 0 Å². The molecule has 0 saturated heterocycles. The highest BCUT2D eigenvalue weighted by atomic mass is 19.1. The van der Waals surface area contributed by atoms with E-state index in [9.17, 15) is 9.50 Å². The maximum Gasteiger partial charge on any atom is 0.126 e. The van der Waals surface area contributed by atoms with Crippen LogP contribution in [0, 0.1) is 12.7 Å². The summed E-state index contributed by atoms with van der Waals surface area (Å²) in [5.41, 5.74) is 7.73. The lowest BCUT2D eigenvalue weighted by molar-refractivity contribution is 0.147. The van der Waals surface area contributed by atoms with Gasteiger partial charge >= 0.3 is 0 Å². The van der Waals surface area contributed by atoms with Crippen LogP contribution < -0.4 is 5.73 Å². The fourth-order valence-electron chi connectivity index (χ4n) is 2.08. The molecule has 0 aliphatic carbocycles. The first-order valence-electron chi connectivity index (χ1n) is 6.17. The lowest BCUT2D eigenvalue weighted by Crippen LogP contribution is -2.20. The SMILES string of the molecule is Cc1ccc(C(O)C(CN)c2ccncc2)cc1F. The molecule has 0 bridgehead atoms. The second-order valence-electron chi connectivity index (χ2n) is 4.58. The summed E-state index contributed by atoms with van der Waals surface area (Å²) in [6, 6.07) is 8.38. The van der Waals surface area contributed by atoms with Crippen LogP contribution >= 0.6 is 0 Å². The van der Waals surface area contributed by atoms with Crippen LogP contribution in [-0.4, -0.2) is 16.6 Å². The molecule has 2 atom stereocenters. The van der Waals surface area contributed by atoms with Gasteiger partial charge in [-0.25, -0.2) is 4.39 Å². The average Bonchev–Trinajstić information content (AvgIpc) is 2.44. The molecule has 0 spiro atoms. The predicted octanol–water partition coefficient (Wildman–Crippen LogP) is 2.31. The van der Waals surface area contributed by atoms with Gasteiger partial charge in [0.25, 0.3) is 0 Å². The van der Waals surface area contributed by atoms with Crippen molar-refractivity contribution in [1.82, 2.24) is 4.98 Å². The fourth-order valence-corrected chi connectivity index (χ4v) is 2.08. The van der Waals surface area contributed by atoms with Gasteiger partial charge in [-0.15, -0.1) is 0 Å². The molecular formula is C15H17FN2O. The molecule has 19 heavy (non-hydrogen) atoms. The number of nitrogens with two attached hydrogens (primary N) is 1. The van der Waals surface area contributed by atoms with E-state index in [1.54, 1.807) is 31.5 Å². The van der Waals surface area contributed by atoms with Gasteiger partial charge in [-0.3, -0.25) is 4.98 Å². The number of benzene rings is 1. The summed E-state index contributed by atoms with van der Waals surface area (Å²) in [5.74, 6) is -0.591. The van der Waals surface area contributed by atoms with E-state index in [-0.39, 0.29) is 18.3 Å². The van der Waals surface area contributed by atoms with Gasteiger partial charge in [0.2, 0.25) is 0 Å². The summed E-state index contributed by atoms with van der Waals surface area (Å²) in [4.78, 5) is 3.94. The number of rotatable bonds is 4. The first-order chi connectivity index (χ1) is 9.13. The number of hydrogen-bond donors (Lipinski definition) is 2. The Labute approximate surface area is 111 Å². The van der Waals surface area contributed by atoms with Crippen molar-refractivity contribution in [3.63, 3.8) is 0 Å². The van der Waals surface area contributed by atoms with Gasteiger partial charge in [-0.2, -0.15) is 0 Å². The Hall–Kier alpha value is -1.78. The van der Waals surface area contributed by atoms with Crippen molar-refractivity contribution >= 4 is 0 Å². The minimum Gasteiger partial charge on any atom is -0.388 e. The predicted molar refractivity (Wildman–Crippen MR) is 72.1 cm³/mol. The molecule has 2 aromatic rings. The summed E-state index contributed by atoms with van der Waals surface area (Å²) < 4.78 is 13.6. The van der Waals surface area contributed by atoms with Crippen molar-refractivity contribution in [3.05, 3.63) is 65.2 Å². The van der Waals surface area contributed by atoms with Crippen LogP contribution in [-0.2, 0) is 0 Å². The molecule has 4 heteroatoms. The zero-order valence-corrected chi connectivity index (χ0v) is 10.8. The molecule has 0 aliphatic rings. The zero-order valence-electron chi connectivity index (χ0n) is 10.8. The van der Waals surface area contributed by atoms with Crippen molar-refractivity contribution in [3.8, 4) is 0 Å². The third kappa shape index (κ3) is 2.97. The van der Waals surface area contributed by atoms with E-state index in [0.29, 0.717) is 11.1 Å². The molecule has 3 N–H and O–H groups in total. The Kier molecular flexibility index (Phi) is 4.24.